The third-order valence-electron chi connectivity index (χ3n) is 6.50. The van der Waals surface area contributed by atoms with Gasteiger partial charge in [0, 0.05) is 63.2 Å². The van der Waals surface area contributed by atoms with E-state index < -0.39 is 0 Å². The normalized spacial score (nSPS) is 19.4. The molecule has 0 saturated carbocycles. The van der Waals surface area contributed by atoms with Crippen LogP contribution in [-0.4, -0.2) is 50.8 Å². The smallest absolute Gasteiger partial charge is 0.245 e. The van der Waals surface area contributed by atoms with E-state index in [2.05, 4.69) is 67.2 Å². The fraction of sp³-hybridized carbons (Fsp3) is 0.417. The topological polar surface area (TPSA) is 67.3 Å². The predicted octanol–water partition coefficient (Wildman–Crippen LogP) is 4.74. The molecule has 4 heterocycles. The fourth-order valence-electron chi connectivity index (χ4n) is 4.76. The Kier molecular flexibility index (Phi) is 6.62. The Bertz CT molecular complexity index is 1110. The highest BCUT2D eigenvalue weighted by Gasteiger charge is 2.30. The number of nitrogens with zero attached hydrogens (tertiary/aromatic N) is 6. The van der Waals surface area contributed by atoms with Gasteiger partial charge in [0.1, 0.15) is 11.9 Å². The first-order valence-corrected chi connectivity index (χ1v) is 12.1. The molecular weight excluding hydrogens is 459 g/mol. The van der Waals surface area contributed by atoms with Gasteiger partial charge in [-0.1, -0.05) is 41.9 Å². The van der Waals surface area contributed by atoms with Crippen LogP contribution in [0.15, 0.2) is 42.6 Å². The summed E-state index contributed by atoms with van der Waals surface area (Å²) in [5.41, 5.74) is 3.69. The quantitative estimate of drug-likeness (QED) is 0.517. The first kappa shape index (κ1) is 22.3. The largest absolute Gasteiger partial charge is 0.490 e. The number of pyridine rings is 1. The van der Waals surface area contributed by atoms with Gasteiger partial charge in [-0.2, -0.15) is 4.98 Å². The third-order valence-corrected chi connectivity index (χ3v) is 6.91. The van der Waals surface area contributed by atoms with Crippen LogP contribution < -0.4 is 9.64 Å². The summed E-state index contributed by atoms with van der Waals surface area (Å²) in [5.74, 6) is 1.54. The van der Waals surface area contributed by atoms with Gasteiger partial charge in [0.05, 0.1) is 5.69 Å². The zero-order valence-electron chi connectivity index (χ0n) is 18.5. The summed E-state index contributed by atoms with van der Waals surface area (Å²) in [6, 6.07) is 12.9. The van der Waals surface area contributed by atoms with Crippen LogP contribution in [0.5, 0.6) is 5.75 Å². The van der Waals surface area contributed by atoms with E-state index in [9.17, 15) is 0 Å². The summed E-state index contributed by atoms with van der Waals surface area (Å²) in [5, 5.41) is 7.94. The van der Waals surface area contributed by atoms with Crippen molar-refractivity contribution in [2.45, 2.75) is 44.9 Å². The van der Waals surface area contributed by atoms with E-state index in [1.54, 1.807) is 0 Å². The summed E-state index contributed by atoms with van der Waals surface area (Å²) >= 11 is 12.1. The van der Waals surface area contributed by atoms with Crippen molar-refractivity contribution >= 4 is 29.0 Å². The maximum absolute atomic E-state index is 6.56. The van der Waals surface area contributed by atoms with Crippen molar-refractivity contribution in [2.24, 2.45) is 0 Å². The SMILES string of the molecule is CC1c2c(OC3CCN(c4nc(Cl)nnc4Cl)CC3)ccnc2CCN1Cc1ccccc1. The highest BCUT2D eigenvalue weighted by molar-refractivity contribution is 6.32. The van der Waals surface area contributed by atoms with Crippen molar-refractivity contribution in [3.05, 3.63) is 69.9 Å². The molecule has 0 amide bonds. The number of anilines is 1. The summed E-state index contributed by atoms with van der Waals surface area (Å²) in [7, 11) is 0. The van der Waals surface area contributed by atoms with Crippen LogP contribution in [0.1, 0.15) is 42.6 Å². The van der Waals surface area contributed by atoms with Gasteiger partial charge in [-0.25, -0.2) is 0 Å². The first-order chi connectivity index (χ1) is 16.1. The number of hydrogen-bond acceptors (Lipinski definition) is 7. The van der Waals surface area contributed by atoms with E-state index in [0.717, 1.165) is 56.9 Å². The van der Waals surface area contributed by atoms with Gasteiger partial charge in [-0.15, -0.1) is 10.2 Å². The average Bonchev–Trinajstić information content (AvgIpc) is 2.84. The van der Waals surface area contributed by atoms with Crippen LogP contribution in [0, 0.1) is 0 Å². The van der Waals surface area contributed by atoms with Crippen LogP contribution in [-0.2, 0) is 13.0 Å². The van der Waals surface area contributed by atoms with Gasteiger partial charge < -0.3 is 9.64 Å². The molecular formula is C24H26Cl2N6O. The number of benzene rings is 1. The van der Waals surface area contributed by atoms with E-state index in [1.165, 1.54) is 11.1 Å². The van der Waals surface area contributed by atoms with Crippen molar-refractivity contribution in [1.29, 1.82) is 0 Å². The number of aromatic nitrogens is 4. The predicted molar refractivity (Wildman–Crippen MR) is 129 cm³/mol. The van der Waals surface area contributed by atoms with E-state index in [4.69, 9.17) is 27.9 Å². The number of piperidine rings is 1. The lowest BCUT2D eigenvalue weighted by Crippen LogP contribution is -2.39. The van der Waals surface area contributed by atoms with Gasteiger partial charge in [-0.05, 0) is 30.2 Å². The number of fused-ring (bicyclic) bond motifs is 1. The Morgan fingerprint density at radius 1 is 1.03 bits per heavy atom. The minimum absolute atomic E-state index is 0.102. The second-order valence-corrected chi connectivity index (χ2v) is 9.25. The van der Waals surface area contributed by atoms with Crippen molar-refractivity contribution in [3.8, 4) is 5.75 Å². The highest BCUT2D eigenvalue weighted by Crippen LogP contribution is 2.37. The Balaban J connectivity index is 1.28. The number of rotatable bonds is 5. The van der Waals surface area contributed by atoms with Gasteiger partial charge in [0.2, 0.25) is 5.28 Å². The highest BCUT2D eigenvalue weighted by atomic mass is 35.5. The fourth-order valence-corrected chi connectivity index (χ4v) is 5.07. The summed E-state index contributed by atoms with van der Waals surface area (Å²) < 4.78 is 6.56. The van der Waals surface area contributed by atoms with Gasteiger partial charge in [-0.3, -0.25) is 9.88 Å². The van der Waals surface area contributed by atoms with E-state index in [0.29, 0.717) is 5.82 Å². The molecule has 3 aromatic rings. The lowest BCUT2D eigenvalue weighted by atomic mass is 9.96. The minimum Gasteiger partial charge on any atom is -0.490 e. The molecule has 1 atom stereocenters. The number of hydrogen-bond donors (Lipinski definition) is 0. The van der Waals surface area contributed by atoms with Crippen LogP contribution in [0.3, 0.4) is 0 Å². The molecule has 1 aromatic carbocycles. The second kappa shape index (κ2) is 9.79. The van der Waals surface area contributed by atoms with Gasteiger partial charge >= 0.3 is 0 Å². The molecule has 1 unspecified atom stereocenters. The van der Waals surface area contributed by atoms with Gasteiger partial charge in [0.25, 0.3) is 0 Å². The Hall–Kier alpha value is -2.48. The van der Waals surface area contributed by atoms with Crippen molar-refractivity contribution in [1.82, 2.24) is 25.1 Å². The van der Waals surface area contributed by atoms with Crippen LogP contribution in [0.4, 0.5) is 5.82 Å². The monoisotopic (exact) mass is 484 g/mol. The van der Waals surface area contributed by atoms with Crippen LogP contribution in [0.25, 0.3) is 0 Å². The van der Waals surface area contributed by atoms with Crippen molar-refractivity contribution in [3.63, 3.8) is 0 Å². The van der Waals surface area contributed by atoms with Crippen molar-refractivity contribution < 1.29 is 4.74 Å². The maximum Gasteiger partial charge on any atom is 0.245 e. The standard InChI is InChI=1S/C24H26Cl2N6O/c1-16-21-19(10-14-32(16)15-17-5-3-2-4-6-17)27-11-7-20(21)33-18-8-12-31(13-9-18)23-22(25)29-30-24(26)28-23/h2-7,11,16,18H,8-10,12-15H2,1H3. The number of halogens is 2. The lowest BCUT2D eigenvalue weighted by molar-refractivity contribution is 0.150. The molecule has 2 aliphatic rings. The maximum atomic E-state index is 6.56. The molecule has 1 saturated heterocycles. The average molecular weight is 485 g/mol. The number of ether oxygens (including phenoxy) is 1. The summed E-state index contributed by atoms with van der Waals surface area (Å²) in [6.07, 6.45) is 4.64. The molecule has 7 nitrogen and oxygen atoms in total. The zero-order valence-corrected chi connectivity index (χ0v) is 20.0. The summed E-state index contributed by atoms with van der Waals surface area (Å²) in [4.78, 5) is 13.5. The molecule has 5 rings (SSSR count). The molecule has 0 N–H and O–H groups in total. The molecule has 0 bridgehead atoms. The molecule has 172 valence electrons. The first-order valence-electron chi connectivity index (χ1n) is 11.3. The van der Waals surface area contributed by atoms with Crippen LogP contribution in [0.2, 0.25) is 10.4 Å². The minimum atomic E-state index is 0.102. The van der Waals surface area contributed by atoms with E-state index in [1.807, 2.05) is 12.3 Å². The second-order valence-electron chi connectivity index (χ2n) is 8.55. The van der Waals surface area contributed by atoms with Crippen molar-refractivity contribution in [2.75, 3.05) is 24.5 Å². The molecule has 33 heavy (non-hydrogen) atoms. The Morgan fingerprint density at radius 2 is 1.82 bits per heavy atom. The molecule has 9 heteroatoms. The molecule has 0 radical (unpaired) electrons. The van der Waals surface area contributed by atoms with E-state index in [-0.39, 0.29) is 22.6 Å². The van der Waals surface area contributed by atoms with Crippen LogP contribution >= 0.6 is 23.2 Å². The zero-order chi connectivity index (χ0) is 22.8. The Morgan fingerprint density at radius 3 is 2.61 bits per heavy atom. The Labute approximate surface area is 203 Å². The molecule has 0 spiro atoms. The molecule has 2 aliphatic heterocycles. The molecule has 2 aromatic heterocycles. The van der Waals surface area contributed by atoms with E-state index >= 15 is 0 Å². The summed E-state index contributed by atoms with van der Waals surface area (Å²) in [6.45, 7) is 5.70. The molecule has 1 fully saturated rings. The van der Waals surface area contributed by atoms with Gasteiger partial charge in [0.15, 0.2) is 11.0 Å². The lowest BCUT2D eigenvalue weighted by Gasteiger charge is -2.37. The third kappa shape index (κ3) is 4.90. The molecule has 0 aliphatic carbocycles.